The Balaban J connectivity index is 1.68. The second-order valence-corrected chi connectivity index (χ2v) is 12.0. The van der Waals surface area contributed by atoms with E-state index in [-0.39, 0.29) is 34.9 Å². The lowest BCUT2D eigenvalue weighted by Crippen LogP contribution is -2.72. The van der Waals surface area contributed by atoms with E-state index >= 15 is 0 Å². The third-order valence-corrected chi connectivity index (χ3v) is 9.08. The van der Waals surface area contributed by atoms with Crippen molar-refractivity contribution in [1.82, 2.24) is 0 Å². The third-order valence-electron chi connectivity index (χ3n) is 9.08. The number of ether oxygens (including phenoxy) is 3. The van der Waals surface area contributed by atoms with E-state index in [1.807, 2.05) is 40.7 Å². The van der Waals surface area contributed by atoms with Crippen LogP contribution < -0.4 is 9.47 Å². The molecule has 4 bridgehead atoms. The van der Waals surface area contributed by atoms with Crippen molar-refractivity contribution in [2.45, 2.75) is 89.6 Å². The van der Waals surface area contributed by atoms with Crippen LogP contribution in [0.3, 0.4) is 0 Å². The molecule has 1 spiro atoms. The fourth-order valence-electron chi connectivity index (χ4n) is 7.16. The number of Topliss-reactive ketones (excluding diaryl/α,β-unsaturated/α-hetero) is 2. The number of carbonyl (C=O) groups is 2. The van der Waals surface area contributed by atoms with Gasteiger partial charge in [0.15, 0.2) is 22.8 Å². The summed E-state index contributed by atoms with van der Waals surface area (Å²) in [5, 5.41) is 10.9. The molecular formula is C28H32O6. The quantitative estimate of drug-likeness (QED) is 0.633. The van der Waals surface area contributed by atoms with Crippen LogP contribution in [0.1, 0.15) is 77.2 Å². The highest BCUT2D eigenvalue weighted by molar-refractivity contribution is 6.18. The number of hydrogen-bond donors (Lipinski definition) is 1. The van der Waals surface area contributed by atoms with Gasteiger partial charge in [0.1, 0.15) is 28.9 Å². The van der Waals surface area contributed by atoms with Gasteiger partial charge in [0.25, 0.3) is 0 Å². The Labute approximate surface area is 200 Å². The van der Waals surface area contributed by atoms with E-state index in [2.05, 4.69) is 13.8 Å². The van der Waals surface area contributed by atoms with Gasteiger partial charge in [0.2, 0.25) is 0 Å². The van der Waals surface area contributed by atoms with Crippen molar-refractivity contribution in [1.29, 1.82) is 0 Å². The first-order chi connectivity index (χ1) is 15.8. The Bertz CT molecular complexity index is 1250. The SMILES string of the molecule is CC(C)=CC[C@]12OC(C)(C)[C@H]3C[C@H](C=C4C(=O)c5c(O)cc6c(c5O[C@@]431)C(C)(C)[C@@H](C)O6)C2=O. The highest BCUT2D eigenvalue weighted by Crippen LogP contribution is 2.69. The highest BCUT2D eigenvalue weighted by Gasteiger charge is 2.81. The molecule has 0 amide bonds. The second kappa shape index (κ2) is 6.14. The zero-order chi connectivity index (χ0) is 24.6. The average molecular weight is 465 g/mol. The molecule has 7 rings (SSSR count). The van der Waals surface area contributed by atoms with Crippen molar-refractivity contribution in [2.75, 3.05) is 0 Å². The number of rotatable bonds is 2. The fraction of sp³-hybridized carbons (Fsp3) is 0.571. The number of carbonyl (C=O) groups excluding carboxylic acids is 2. The first-order valence-corrected chi connectivity index (χ1v) is 12.2. The van der Waals surface area contributed by atoms with Crippen LogP contribution in [0.2, 0.25) is 0 Å². The third kappa shape index (κ3) is 2.22. The van der Waals surface area contributed by atoms with Crippen molar-refractivity contribution in [3.63, 3.8) is 0 Å². The smallest absolute Gasteiger partial charge is 0.200 e. The molecule has 0 radical (unpaired) electrons. The Morgan fingerprint density at radius 2 is 1.91 bits per heavy atom. The largest absolute Gasteiger partial charge is 0.507 e. The number of phenols is 1. The summed E-state index contributed by atoms with van der Waals surface area (Å²) in [7, 11) is 0. The first-order valence-electron chi connectivity index (χ1n) is 12.2. The normalized spacial score (nSPS) is 37.3. The summed E-state index contributed by atoms with van der Waals surface area (Å²) in [5.41, 5.74) is -1.22. The molecule has 180 valence electrons. The number of phenolic OH excluding ortho intramolecular Hbond substituents is 1. The van der Waals surface area contributed by atoms with Gasteiger partial charge >= 0.3 is 0 Å². The molecule has 5 atom stereocenters. The topological polar surface area (TPSA) is 82.1 Å². The molecule has 0 unspecified atom stereocenters. The van der Waals surface area contributed by atoms with Gasteiger partial charge < -0.3 is 19.3 Å². The van der Waals surface area contributed by atoms with Gasteiger partial charge in [0, 0.05) is 40.9 Å². The summed E-state index contributed by atoms with van der Waals surface area (Å²) >= 11 is 0. The van der Waals surface area contributed by atoms with Gasteiger partial charge in [-0.3, -0.25) is 9.59 Å². The predicted octanol–water partition coefficient (Wildman–Crippen LogP) is 4.81. The molecule has 6 nitrogen and oxygen atoms in total. The van der Waals surface area contributed by atoms with Gasteiger partial charge in [-0.1, -0.05) is 31.6 Å². The predicted molar refractivity (Wildman–Crippen MR) is 126 cm³/mol. The maximum absolute atomic E-state index is 14.1. The van der Waals surface area contributed by atoms with Gasteiger partial charge in [-0.05, 0) is 41.0 Å². The van der Waals surface area contributed by atoms with Crippen LogP contribution in [-0.2, 0) is 14.9 Å². The maximum atomic E-state index is 14.1. The number of benzene rings is 1. The molecule has 3 aliphatic carbocycles. The summed E-state index contributed by atoms with van der Waals surface area (Å²) in [6.07, 6.45) is 4.53. The second-order valence-electron chi connectivity index (χ2n) is 12.0. The molecule has 1 saturated heterocycles. The Hall–Kier alpha value is -2.60. The van der Waals surface area contributed by atoms with Crippen molar-refractivity contribution >= 4 is 11.6 Å². The zero-order valence-corrected chi connectivity index (χ0v) is 20.9. The molecule has 6 heteroatoms. The molecule has 0 aromatic heterocycles. The van der Waals surface area contributed by atoms with E-state index in [0.29, 0.717) is 29.9 Å². The minimum Gasteiger partial charge on any atom is -0.507 e. The molecule has 1 saturated carbocycles. The summed E-state index contributed by atoms with van der Waals surface area (Å²) in [4.78, 5) is 28.1. The van der Waals surface area contributed by atoms with E-state index in [1.54, 1.807) is 6.08 Å². The molecule has 3 heterocycles. The lowest BCUT2D eigenvalue weighted by molar-refractivity contribution is -0.171. The number of hydrogen-bond acceptors (Lipinski definition) is 6. The standard InChI is InChI=1S/C28H32O6/c1-13(2)8-9-27-24(31)15-10-16-22(30)20-17(29)12-18-21(25(4,5)14(3)32-18)23(20)33-28(16,27)19(11-15)26(6,7)34-27/h8,10,12,14-15,19,29H,9,11H2,1-7H3/t14-,15+,19-,27-,28+/m1/s1. The van der Waals surface area contributed by atoms with Crippen LogP contribution in [0.5, 0.6) is 17.2 Å². The minimum absolute atomic E-state index is 0.0208. The average Bonchev–Trinajstić information content (AvgIpc) is 3.05. The lowest BCUT2D eigenvalue weighted by Gasteiger charge is -2.56. The van der Waals surface area contributed by atoms with Gasteiger partial charge in [-0.25, -0.2) is 0 Å². The molecule has 3 aliphatic heterocycles. The van der Waals surface area contributed by atoms with Gasteiger partial charge in [0.05, 0.1) is 5.60 Å². The minimum atomic E-state index is -1.30. The van der Waals surface area contributed by atoms with Crippen LogP contribution >= 0.6 is 0 Å². The van der Waals surface area contributed by atoms with Crippen LogP contribution in [-0.4, -0.2) is 39.6 Å². The van der Waals surface area contributed by atoms with Crippen molar-refractivity contribution < 1.29 is 28.9 Å². The van der Waals surface area contributed by atoms with Crippen molar-refractivity contribution in [3.05, 3.63) is 40.5 Å². The van der Waals surface area contributed by atoms with Crippen LogP contribution in [0.25, 0.3) is 0 Å². The molecule has 1 N–H and O–H groups in total. The molecule has 1 aromatic carbocycles. The van der Waals surface area contributed by atoms with Crippen molar-refractivity contribution in [2.24, 2.45) is 11.8 Å². The van der Waals surface area contributed by atoms with Crippen molar-refractivity contribution in [3.8, 4) is 17.2 Å². The number of allylic oxidation sites excluding steroid dienone is 2. The monoisotopic (exact) mass is 464 g/mol. The molecule has 34 heavy (non-hydrogen) atoms. The molecular weight excluding hydrogens is 432 g/mol. The van der Waals surface area contributed by atoms with E-state index in [0.717, 1.165) is 11.1 Å². The number of aromatic hydroxyl groups is 1. The molecule has 1 aromatic rings. The van der Waals surface area contributed by atoms with E-state index in [1.165, 1.54) is 6.07 Å². The summed E-state index contributed by atoms with van der Waals surface area (Å²) in [6, 6.07) is 1.53. The zero-order valence-electron chi connectivity index (χ0n) is 20.9. The molecule has 6 aliphatic rings. The fourth-order valence-corrected chi connectivity index (χ4v) is 7.16. The van der Waals surface area contributed by atoms with E-state index in [4.69, 9.17) is 14.2 Å². The lowest BCUT2D eigenvalue weighted by atomic mass is 9.51. The van der Waals surface area contributed by atoms with Crippen LogP contribution in [0.15, 0.2) is 29.4 Å². The highest BCUT2D eigenvalue weighted by atomic mass is 16.6. The van der Waals surface area contributed by atoms with E-state index < -0.39 is 28.1 Å². The number of ketones is 2. The maximum Gasteiger partial charge on any atom is 0.200 e. The molecule has 2 fully saturated rings. The Morgan fingerprint density at radius 1 is 1.21 bits per heavy atom. The first kappa shape index (κ1) is 21.9. The van der Waals surface area contributed by atoms with Gasteiger partial charge in [-0.2, -0.15) is 0 Å². The van der Waals surface area contributed by atoms with Crippen LogP contribution in [0, 0.1) is 11.8 Å². The summed E-state index contributed by atoms with van der Waals surface area (Å²) in [6.45, 7) is 14.0. The summed E-state index contributed by atoms with van der Waals surface area (Å²) in [5.74, 6) is -0.182. The van der Waals surface area contributed by atoms with Crippen LogP contribution in [0.4, 0.5) is 0 Å². The van der Waals surface area contributed by atoms with Gasteiger partial charge in [-0.15, -0.1) is 0 Å². The Kier molecular flexibility index (Phi) is 3.96. The van der Waals surface area contributed by atoms with E-state index in [9.17, 15) is 14.7 Å². The summed E-state index contributed by atoms with van der Waals surface area (Å²) < 4.78 is 19.8. The number of fused-ring (bicyclic) bond motifs is 3. The Morgan fingerprint density at radius 3 is 2.59 bits per heavy atom.